The van der Waals surface area contributed by atoms with E-state index in [-0.39, 0.29) is 11.6 Å². The van der Waals surface area contributed by atoms with Crippen molar-refractivity contribution in [1.82, 2.24) is 5.32 Å². The average molecular weight is 292 g/mol. The minimum absolute atomic E-state index is 0.259. The van der Waals surface area contributed by atoms with E-state index in [2.05, 4.69) is 10.6 Å². The Kier molecular flexibility index (Phi) is 4.74. The van der Waals surface area contributed by atoms with Gasteiger partial charge in [-0.1, -0.05) is 6.07 Å². The first kappa shape index (κ1) is 14.5. The predicted molar refractivity (Wildman–Crippen MR) is 80.8 cm³/mol. The first-order valence-corrected chi connectivity index (χ1v) is 7.29. The third kappa shape index (κ3) is 3.36. The number of carbonyl (C=O) groups is 1. The Labute approximate surface area is 121 Å². The molecule has 0 fully saturated rings. The van der Waals surface area contributed by atoms with E-state index < -0.39 is 5.82 Å². The molecule has 1 aromatic heterocycles. The zero-order valence-electron chi connectivity index (χ0n) is 11.5. The molecule has 0 unspecified atom stereocenters. The number of benzene rings is 1. The lowest BCUT2D eigenvalue weighted by Crippen LogP contribution is -2.24. The van der Waals surface area contributed by atoms with Crippen LogP contribution in [0, 0.1) is 12.7 Å². The number of para-hydroxylation sites is 1. The normalized spacial score (nSPS) is 10.3. The van der Waals surface area contributed by atoms with Gasteiger partial charge >= 0.3 is 0 Å². The van der Waals surface area contributed by atoms with Gasteiger partial charge in [-0.2, -0.15) is 0 Å². The highest BCUT2D eigenvalue weighted by molar-refractivity contribution is 7.11. The molecule has 2 rings (SSSR count). The van der Waals surface area contributed by atoms with Crippen molar-refractivity contribution >= 4 is 22.9 Å². The lowest BCUT2D eigenvalue weighted by Gasteiger charge is -2.11. The Balaban J connectivity index is 2.10. The molecule has 20 heavy (non-hydrogen) atoms. The number of halogens is 1. The van der Waals surface area contributed by atoms with Crippen LogP contribution in [0.4, 0.5) is 10.1 Å². The molecule has 0 atom stereocenters. The minimum atomic E-state index is -0.411. The van der Waals surface area contributed by atoms with E-state index in [0.717, 1.165) is 4.88 Å². The Hall–Kier alpha value is -1.88. The van der Waals surface area contributed by atoms with Gasteiger partial charge in [0.05, 0.1) is 17.8 Å². The second-order valence-corrected chi connectivity index (χ2v) is 5.76. The summed E-state index contributed by atoms with van der Waals surface area (Å²) in [5, 5.41) is 5.71. The first-order chi connectivity index (χ1) is 9.61. The van der Waals surface area contributed by atoms with Gasteiger partial charge in [-0.25, -0.2) is 4.39 Å². The summed E-state index contributed by atoms with van der Waals surface area (Å²) < 4.78 is 13.7. The van der Waals surface area contributed by atoms with Crippen LogP contribution in [0.1, 0.15) is 27.0 Å². The van der Waals surface area contributed by atoms with Gasteiger partial charge in [-0.05, 0) is 38.1 Å². The Morgan fingerprint density at radius 3 is 2.75 bits per heavy atom. The molecule has 0 bridgehead atoms. The van der Waals surface area contributed by atoms with Crippen LogP contribution in [0.25, 0.3) is 0 Å². The van der Waals surface area contributed by atoms with Crippen LogP contribution in [-0.2, 0) is 6.54 Å². The summed E-state index contributed by atoms with van der Waals surface area (Å²) in [6.07, 6.45) is 0. The van der Waals surface area contributed by atoms with Crippen LogP contribution in [0.5, 0.6) is 0 Å². The van der Waals surface area contributed by atoms with Crippen molar-refractivity contribution in [2.45, 2.75) is 20.4 Å². The van der Waals surface area contributed by atoms with Gasteiger partial charge < -0.3 is 10.6 Å². The maximum absolute atomic E-state index is 13.7. The molecule has 0 aliphatic carbocycles. The molecule has 0 aliphatic heterocycles. The molecule has 1 aromatic carbocycles. The van der Waals surface area contributed by atoms with Crippen molar-refractivity contribution in [1.29, 1.82) is 0 Å². The van der Waals surface area contributed by atoms with Crippen LogP contribution < -0.4 is 10.6 Å². The molecule has 0 spiro atoms. The second kappa shape index (κ2) is 6.52. The monoisotopic (exact) mass is 292 g/mol. The number of hydrogen-bond donors (Lipinski definition) is 2. The number of hydrogen-bond acceptors (Lipinski definition) is 3. The Morgan fingerprint density at radius 1 is 1.30 bits per heavy atom. The average Bonchev–Trinajstić information content (AvgIpc) is 2.84. The third-order valence-corrected chi connectivity index (χ3v) is 3.83. The number of aryl methyl sites for hydroxylation is 1. The molecule has 2 N–H and O–H groups in total. The fourth-order valence-electron chi connectivity index (χ4n) is 1.91. The smallest absolute Gasteiger partial charge is 0.253 e. The number of amides is 1. The second-order valence-electron chi connectivity index (χ2n) is 4.39. The minimum Gasteiger partial charge on any atom is -0.382 e. The van der Waals surface area contributed by atoms with E-state index >= 15 is 0 Å². The molecule has 0 saturated carbocycles. The first-order valence-electron chi connectivity index (χ1n) is 6.47. The number of carbonyl (C=O) groups excluding carboxylic acids is 1. The zero-order chi connectivity index (χ0) is 14.5. The molecule has 1 amide bonds. The van der Waals surface area contributed by atoms with Crippen molar-refractivity contribution in [3.63, 3.8) is 0 Å². The topological polar surface area (TPSA) is 41.1 Å². The van der Waals surface area contributed by atoms with E-state index in [4.69, 9.17) is 0 Å². The predicted octanol–water partition coefficient (Wildman–Crippen LogP) is 3.56. The van der Waals surface area contributed by atoms with Crippen LogP contribution in [0.2, 0.25) is 0 Å². The standard InChI is InChI=1S/C15H17FN2OS/c1-3-17-14-12(5-4-6-13(14)16)15(19)18-9-11-8-7-10(2)20-11/h4-8,17H,3,9H2,1-2H3,(H,18,19). The van der Waals surface area contributed by atoms with Crippen LogP contribution in [0.15, 0.2) is 30.3 Å². The van der Waals surface area contributed by atoms with Gasteiger partial charge in [0.25, 0.3) is 5.91 Å². The number of anilines is 1. The lowest BCUT2D eigenvalue weighted by molar-refractivity contribution is 0.0951. The van der Waals surface area contributed by atoms with Crippen LogP contribution >= 0.6 is 11.3 Å². The van der Waals surface area contributed by atoms with Gasteiger partial charge in [-0.15, -0.1) is 11.3 Å². The van der Waals surface area contributed by atoms with Crippen molar-refractivity contribution in [3.8, 4) is 0 Å². The zero-order valence-corrected chi connectivity index (χ0v) is 12.3. The summed E-state index contributed by atoms with van der Waals surface area (Å²) in [5.41, 5.74) is 0.593. The molecule has 0 radical (unpaired) electrons. The van der Waals surface area contributed by atoms with E-state index in [9.17, 15) is 9.18 Å². The molecule has 0 aliphatic rings. The fraction of sp³-hybridized carbons (Fsp3) is 0.267. The van der Waals surface area contributed by atoms with Crippen molar-refractivity contribution < 1.29 is 9.18 Å². The van der Waals surface area contributed by atoms with Crippen molar-refractivity contribution in [3.05, 3.63) is 51.5 Å². The maximum Gasteiger partial charge on any atom is 0.253 e. The van der Waals surface area contributed by atoms with Crippen LogP contribution in [0.3, 0.4) is 0 Å². The van der Waals surface area contributed by atoms with Crippen LogP contribution in [-0.4, -0.2) is 12.5 Å². The molecular formula is C15H17FN2OS. The SMILES string of the molecule is CCNc1c(F)cccc1C(=O)NCc1ccc(C)s1. The molecule has 106 valence electrons. The molecule has 0 saturated heterocycles. The highest BCUT2D eigenvalue weighted by Crippen LogP contribution is 2.20. The van der Waals surface area contributed by atoms with E-state index in [1.165, 1.54) is 10.9 Å². The van der Waals surface area contributed by atoms with E-state index in [1.807, 2.05) is 26.0 Å². The van der Waals surface area contributed by atoms with Gasteiger partial charge in [0, 0.05) is 16.3 Å². The summed E-state index contributed by atoms with van der Waals surface area (Å²) in [6, 6.07) is 8.50. The highest BCUT2D eigenvalue weighted by Gasteiger charge is 2.14. The molecular weight excluding hydrogens is 275 g/mol. The van der Waals surface area contributed by atoms with Gasteiger partial charge in [-0.3, -0.25) is 4.79 Å². The van der Waals surface area contributed by atoms with Crippen molar-refractivity contribution in [2.75, 3.05) is 11.9 Å². The number of rotatable bonds is 5. The van der Waals surface area contributed by atoms with E-state index in [0.29, 0.717) is 18.7 Å². The summed E-state index contributed by atoms with van der Waals surface area (Å²) in [6.45, 7) is 4.90. The van der Waals surface area contributed by atoms with E-state index in [1.54, 1.807) is 23.5 Å². The van der Waals surface area contributed by atoms with Gasteiger partial charge in [0.1, 0.15) is 5.82 Å². The van der Waals surface area contributed by atoms with Gasteiger partial charge in [0.15, 0.2) is 0 Å². The largest absolute Gasteiger partial charge is 0.382 e. The van der Waals surface area contributed by atoms with Crippen molar-refractivity contribution in [2.24, 2.45) is 0 Å². The molecule has 2 aromatic rings. The molecule has 5 heteroatoms. The maximum atomic E-state index is 13.7. The lowest BCUT2D eigenvalue weighted by atomic mass is 10.1. The summed E-state index contributed by atoms with van der Waals surface area (Å²) >= 11 is 1.64. The molecule has 1 heterocycles. The third-order valence-electron chi connectivity index (χ3n) is 2.83. The summed E-state index contributed by atoms with van der Waals surface area (Å²) in [7, 11) is 0. The summed E-state index contributed by atoms with van der Waals surface area (Å²) in [4.78, 5) is 14.4. The van der Waals surface area contributed by atoms with Gasteiger partial charge in [0.2, 0.25) is 0 Å². The highest BCUT2D eigenvalue weighted by atomic mass is 32.1. The summed E-state index contributed by atoms with van der Waals surface area (Å²) in [5.74, 6) is -0.682. The quantitative estimate of drug-likeness (QED) is 0.884. The number of thiophene rings is 1. The number of nitrogens with one attached hydrogen (secondary N) is 2. The Morgan fingerprint density at radius 2 is 2.10 bits per heavy atom. The fourth-order valence-corrected chi connectivity index (χ4v) is 2.74. The Bertz CT molecular complexity index is 610. The molecule has 3 nitrogen and oxygen atoms in total.